The van der Waals surface area contributed by atoms with Gasteiger partial charge in [0.05, 0.1) is 47.3 Å². The lowest BCUT2D eigenvalue weighted by molar-refractivity contribution is -0.123. The molecule has 3 aromatic heterocycles. The van der Waals surface area contributed by atoms with E-state index < -0.39 is 41.8 Å². The first-order valence-electron chi connectivity index (χ1n) is 11.8. The van der Waals surface area contributed by atoms with Crippen LogP contribution < -0.4 is 10.6 Å². The van der Waals surface area contributed by atoms with Crippen molar-refractivity contribution in [1.29, 1.82) is 0 Å². The number of nitrogens with one attached hydrogen (secondary N) is 3. The quantitative estimate of drug-likeness (QED) is 0.319. The van der Waals surface area contributed by atoms with Crippen LogP contribution in [0.2, 0.25) is 0 Å². The second-order valence-electron chi connectivity index (χ2n) is 9.49. The molecule has 37 heavy (non-hydrogen) atoms. The summed E-state index contributed by atoms with van der Waals surface area (Å²) in [6, 6.07) is -0.881. The second kappa shape index (κ2) is 8.53. The van der Waals surface area contributed by atoms with Gasteiger partial charge in [0.2, 0.25) is 11.8 Å². The monoisotopic (exact) mass is 515 g/mol. The maximum atomic E-state index is 15.8. The Balaban J connectivity index is 1.42. The standard InChI is InChI=1S/C24H21F4N7O2/c1-9(31-23(36)10-2-3-10)17-20(26)19(22(27)28)18(12-5-30-34-21(12)17)14-7-35-8-15(32-16(35)6-29-14)33-24(37)11-4-13(11)25/h5-11,13,22H,2-4H2,1H3,(H,30,34)(H,31,36)(H,33,37). The van der Waals surface area contributed by atoms with Crippen LogP contribution >= 0.6 is 0 Å². The van der Waals surface area contributed by atoms with Crippen LogP contribution in [0.5, 0.6) is 0 Å². The normalized spacial score (nSPS) is 19.9. The Labute approximate surface area is 206 Å². The lowest BCUT2D eigenvalue weighted by Crippen LogP contribution is -2.29. The van der Waals surface area contributed by atoms with Crippen molar-refractivity contribution in [2.24, 2.45) is 11.8 Å². The van der Waals surface area contributed by atoms with Gasteiger partial charge in [0.1, 0.15) is 12.0 Å². The van der Waals surface area contributed by atoms with Crippen molar-refractivity contribution >= 4 is 34.2 Å². The summed E-state index contributed by atoms with van der Waals surface area (Å²) in [5, 5.41) is 12.1. The predicted molar refractivity (Wildman–Crippen MR) is 124 cm³/mol. The van der Waals surface area contributed by atoms with Gasteiger partial charge in [0, 0.05) is 28.6 Å². The molecule has 0 aliphatic heterocycles. The Morgan fingerprint density at radius 2 is 1.92 bits per heavy atom. The van der Waals surface area contributed by atoms with Crippen LogP contribution in [0.3, 0.4) is 0 Å². The summed E-state index contributed by atoms with van der Waals surface area (Å²) >= 11 is 0. The third kappa shape index (κ3) is 4.07. The van der Waals surface area contributed by atoms with Gasteiger partial charge in [-0.1, -0.05) is 0 Å². The lowest BCUT2D eigenvalue weighted by Gasteiger charge is -2.20. The van der Waals surface area contributed by atoms with Gasteiger partial charge in [-0.3, -0.25) is 19.7 Å². The topological polar surface area (TPSA) is 117 Å². The Hall–Kier alpha value is -4.03. The van der Waals surface area contributed by atoms with E-state index in [2.05, 4.69) is 30.8 Å². The van der Waals surface area contributed by atoms with Crippen LogP contribution in [-0.4, -0.2) is 42.6 Å². The minimum Gasteiger partial charge on any atom is -0.349 e. The molecular weight excluding hydrogens is 494 g/mol. The van der Waals surface area contributed by atoms with Gasteiger partial charge in [-0.25, -0.2) is 22.5 Å². The number of imidazole rings is 1. The summed E-state index contributed by atoms with van der Waals surface area (Å²) < 4.78 is 59.1. The van der Waals surface area contributed by atoms with E-state index in [1.165, 1.54) is 36.1 Å². The van der Waals surface area contributed by atoms with Crippen LogP contribution in [0.4, 0.5) is 23.4 Å². The molecule has 3 atom stereocenters. The molecule has 0 radical (unpaired) electrons. The highest BCUT2D eigenvalue weighted by atomic mass is 19.3. The molecule has 192 valence electrons. The fraction of sp³-hybridized carbons (Fsp3) is 0.375. The SMILES string of the molecule is CC(NC(=O)C1CC1)c1c(F)c(C(F)F)c(-c2cn3cc(NC(=O)C4CC4F)nc3cn2)c2cn[nH]c12. The molecule has 3 N–H and O–H groups in total. The van der Waals surface area contributed by atoms with Gasteiger partial charge >= 0.3 is 0 Å². The number of carbonyl (C=O) groups excluding carboxylic acids is 2. The van der Waals surface area contributed by atoms with Crippen molar-refractivity contribution in [2.45, 2.75) is 44.8 Å². The number of carbonyl (C=O) groups is 2. The van der Waals surface area contributed by atoms with E-state index in [0.717, 1.165) is 12.8 Å². The first kappa shape index (κ1) is 23.4. The summed E-state index contributed by atoms with van der Waals surface area (Å²) in [6.45, 7) is 1.53. The van der Waals surface area contributed by atoms with Crippen LogP contribution in [-0.2, 0) is 9.59 Å². The van der Waals surface area contributed by atoms with Crippen LogP contribution in [0.15, 0.2) is 24.8 Å². The first-order valence-corrected chi connectivity index (χ1v) is 11.8. The van der Waals surface area contributed by atoms with E-state index in [-0.39, 0.29) is 51.8 Å². The number of anilines is 1. The molecule has 2 aliphatic rings. The molecule has 2 saturated carbocycles. The minimum atomic E-state index is -3.19. The van der Waals surface area contributed by atoms with Gasteiger partial charge in [0.15, 0.2) is 11.5 Å². The average molecular weight is 515 g/mol. The highest BCUT2D eigenvalue weighted by Gasteiger charge is 2.43. The molecule has 3 unspecified atom stereocenters. The number of halogens is 4. The molecule has 0 spiro atoms. The smallest absolute Gasteiger partial charge is 0.267 e. The van der Waals surface area contributed by atoms with E-state index in [9.17, 15) is 22.8 Å². The van der Waals surface area contributed by atoms with Gasteiger partial charge < -0.3 is 15.0 Å². The fourth-order valence-electron chi connectivity index (χ4n) is 4.57. The van der Waals surface area contributed by atoms with E-state index in [1.807, 2.05) is 0 Å². The summed E-state index contributed by atoms with van der Waals surface area (Å²) in [5.74, 6) is -2.60. The van der Waals surface area contributed by atoms with Crippen molar-refractivity contribution in [1.82, 2.24) is 29.9 Å². The van der Waals surface area contributed by atoms with Crippen molar-refractivity contribution in [3.8, 4) is 11.3 Å². The number of amides is 2. The summed E-state index contributed by atoms with van der Waals surface area (Å²) in [4.78, 5) is 32.7. The zero-order valence-electron chi connectivity index (χ0n) is 19.4. The molecule has 3 heterocycles. The van der Waals surface area contributed by atoms with Crippen molar-refractivity contribution in [3.63, 3.8) is 0 Å². The number of nitrogens with zero attached hydrogens (tertiary/aromatic N) is 4. The van der Waals surface area contributed by atoms with E-state index in [4.69, 9.17) is 0 Å². The van der Waals surface area contributed by atoms with E-state index >= 15 is 4.39 Å². The molecule has 2 amide bonds. The summed E-state index contributed by atoms with van der Waals surface area (Å²) in [6.07, 6.45) is 2.71. The molecule has 0 bridgehead atoms. The molecule has 2 fully saturated rings. The molecule has 9 nitrogen and oxygen atoms in total. The molecule has 13 heteroatoms. The van der Waals surface area contributed by atoms with Gasteiger partial charge in [-0.05, 0) is 26.2 Å². The number of hydrogen-bond donors (Lipinski definition) is 3. The summed E-state index contributed by atoms with van der Waals surface area (Å²) in [7, 11) is 0. The zero-order chi connectivity index (χ0) is 26.0. The molecule has 6 rings (SSSR count). The van der Waals surface area contributed by atoms with Crippen molar-refractivity contribution in [3.05, 3.63) is 41.7 Å². The Morgan fingerprint density at radius 3 is 2.59 bits per heavy atom. The molecule has 1 aromatic carbocycles. The fourth-order valence-corrected chi connectivity index (χ4v) is 4.57. The number of fused-ring (bicyclic) bond motifs is 2. The number of aromatic amines is 1. The van der Waals surface area contributed by atoms with Crippen molar-refractivity contribution in [2.75, 3.05) is 5.32 Å². The molecule has 4 aromatic rings. The Morgan fingerprint density at radius 1 is 1.16 bits per heavy atom. The number of H-pyrrole nitrogens is 1. The number of benzene rings is 1. The van der Waals surface area contributed by atoms with E-state index in [0.29, 0.717) is 5.65 Å². The minimum absolute atomic E-state index is 0.0237. The number of aromatic nitrogens is 5. The van der Waals surface area contributed by atoms with Crippen LogP contribution in [0, 0.1) is 17.7 Å². The van der Waals surface area contributed by atoms with Gasteiger partial charge in [0.25, 0.3) is 6.43 Å². The molecule has 0 saturated heterocycles. The largest absolute Gasteiger partial charge is 0.349 e. The second-order valence-corrected chi connectivity index (χ2v) is 9.49. The van der Waals surface area contributed by atoms with Gasteiger partial charge in [-0.2, -0.15) is 5.10 Å². The summed E-state index contributed by atoms with van der Waals surface area (Å²) in [5.41, 5.74) is -0.635. The number of rotatable bonds is 7. The maximum absolute atomic E-state index is 15.8. The highest BCUT2D eigenvalue weighted by molar-refractivity contribution is 5.98. The first-order chi connectivity index (χ1) is 17.7. The molecule has 2 aliphatic carbocycles. The third-order valence-corrected chi connectivity index (χ3v) is 6.78. The lowest BCUT2D eigenvalue weighted by atomic mass is 9.93. The number of hydrogen-bond acceptors (Lipinski definition) is 5. The van der Waals surface area contributed by atoms with Gasteiger partial charge in [-0.15, -0.1) is 0 Å². The zero-order valence-corrected chi connectivity index (χ0v) is 19.4. The average Bonchev–Trinajstić information content (AvgIpc) is 3.73. The third-order valence-electron chi connectivity index (χ3n) is 6.78. The Bertz CT molecular complexity index is 1560. The molecular formula is C24H21F4N7O2. The predicted octanol–water partition coefficient (Wildman–Crippen LogP) is 4.23. The maximum Gasteiger partial charge on any atom is 0.267 e. The Kier molecular flexibility index (Phi) is 5.39. The van der Waals surface area contributed by atoms with Crippen LogP contribution in [0.1, 0.15) is 49.8 Å². The van der Waals surface area contributed by atoms with Crippen molar-refractivity contribution < 1.29 is 27.2 Å². The van der Waals surface area contributed by atoms with E-state index in [1.54, 1.807) is 0 Å². The number of alkyl halides is 3. The van der Waals surface area contributed by atoms with Crippen LogP contribution in [0.25, 0.3) is 27.8 Å². The highest BCUT2D eigenvalue weighted by Crippen LogP contribution is 2.42.